The summed E-state index contributed by atoms with van der Waals surface area (Å²) in [5.41, 5.74) is 3.81. The summed E-state index contributed by atoms with van der Waals surface area (Å²) in [5.74, 6) is -0.177. The van der Waals surface area contributed by atoms with Gasteiger partial charge in [-0.25, -0.2) is 9.97 Å². The second-order valence-electron chi connectivity index (χ2n) is 7.90. The van der Waals surface area contributed by atoms with Crippen molar-refractivity contribution in [1.82, 2.24) is 29.4 Å². The highest BCUT2D eigenvalue weighted by molar-refractivity contribution is 5.92. The van der Waals surface area contributed by atoms with Crippen molar-refractivity contribution in [3.63, 3.8) is 0 Å². The van der Waals surface area contributed by atoms with Crippen LogP contribution < -0.4 is 16.2 Å². The van der Waals surface area contributed by atoms with Gasteiger partial charge < -0.3 is 20.1 Å². The lowest BCUT2D eigenvalue weighted by molar-refractivity contribution is 0.0945. The van der Waals surface area contributed by atoms with E-state index >= 15 is 0 Å². The second-order valence-corrected chi connectivity index (χ2v) is 7.90. The van der Waals surface area contributed by atoms with E-state index in [1.807, 2.05) is 41.1 Å². The van der Waals surface area contributed by atoms with Gasteiger partial charge >= 0.3 is 0 Å². The average Bonchev–Trinajstić information content (AvgIpc) is 3.26. The van der Waals surface area contributed by atoms with E-state index in [9.17, 15) is 14.7 Å². The van der Waals surface area contributed by atoms with Gasteiger partial charge in [0.05, 0.1) is 12.2 Å². The summed E-state index contributed by atoms with van der Waals surface area (Å²) in [6.07, 6.45) is 5.46. The van der Waals surface area contributed by atoms with Gasteiger partial charge in [-0.15, -0.1) is 0 Å². The van der Waals surface area contributed by atoms with Crippen molar-refractivity contribution in [2.45, 2.75) is 19.6 Å². The number of rotatable bonds is 7. The van der Waals surface area contributed by atoms with Crippen molar-refractivity contribution in [2.24, 2.45) is 0 Å². The molecule has 4 heterocycles. The molecule has 5 rings (SSSR count). The summed E-state index contributed by atoms with van der Waals surface area (Å²) < 4.78 is 3.30. The van der Waals surface area contributed by atoms with E-state index in [1.54, 1.807) is 36.5 Å². The van der Waals surface area contributed by atoms with Crippen molar-refractivity contribution in [2.75, 3.05) is 0 Å². The number of fused-ring (bicyclic) bond motifs is 2. The Labute approximate surface area is 194 Å². The van der Waals surface area contributed by atoms with Gasteiger partial charge in [0, 0.05) is 37.7 Å². The summed E-state index contributed by atoms with van der Waals surface area (Å²) in [7, 11) is 0. The van der Waals surface area contributed by atoms with Crippen LogP contribution in [0.4, 0.5) is 0 Å². The SMILES string of the molecule is O=C(NCc1cn2cc(CNCc3ccc(O)cc3)ccc2n1)c1cc(=O)n2ccccc2n1. The molecule has 34 heavy (non-hydrogen) atoms. The third-order valence-corrected chi connectivity index (χ3v) is 5.39. The predicted octanol–water partition coefficient (Wildman–Crippen LogP) is 2.27. The first-order chi connectivity index (χ1) is 16.5. The topological polar surface area (TPSA) is 113 Å². The fourth-order valence-electron chi connectivity index (χ4n) is 3.68. The van der Waals surface area contributed by atoms with E-state index in [-0.39, 0.29) is 23.5 Å². The molecule has 0 aliphatic carbocycles. The molecule has 9 heteroatoms. The lowest BCUT2D eigenvalue weighted by Crippen LogP contribution is -2.27. The Balaban J connectivity index is 1.22. The zero-order valence-electron chi connectivity index (χ0n) is 18.2. The number of amides is 1. The average molecular weight is 454 g/mol. The van der Waals surface area contributed by atoms with E-state index in [0.717, 1.165) is 16.8 Å². The molecular formula is C25H22N6O3. The van der Waals surface area contributed by atoms with Gasteiger partial charge in [0.2, 0.25) is 0 Å². The van der Waals surface area contributed by atoms with Crippen LogP contribution in [0.15, 0.2) is 84.0 Å². The first-order valence-corrected chi connectivity index (χ1v) is 10.8. The molecule has 0 unspecified atom stereocenters. The molecule has 9 nitrogen and oxygen atoms in total. The minimum absolute atomic E-state index is 0.0713. The first-order valence-electron chi connectivity index (χ1n) is 10.8. The Hall–Kier alpha value is -4.50. The molecule has 4 aromatic heterocycles. The number of phenols is 1. The quantitative estimate of drug-likeness (QED) is 0.348. The highest BCUT2D eigenvalue weighted by Crippen LogP contribution is 2.11. The lowest BCUT2D eigenvalue weighted by atomic mass is 10.2. The van der Waals surface area contributed by atoms with Crippen LogP contribution in [0.2, 0.25) is 0 Å². The van der Waals surface area contributed by atoms with Crippen LogP contribution in [-0.2, 0) is 19.6 Å². The maximum absolute atomic E-state index is 12.6. The molecule has 170 valence electrons. The molecular weight excluding hydrogens is 432 g/mol. The maximum Gasteiger partial charge on any atom is 0.270 e. The van der Waals surface area contributed by atoms with Crippen LogP contribution in [0.25, 0.3) is 11.3 Å². The van der Waals surface area contributed by atoms with Crippen molar-refractivity contribution >= 4 is 17.2 Å². The monoisotopic (exact) mass is 454 g/mol. The maximum atomic E-state index is 12.6. The zero-order valence-corrected chi connectivity index (χ0v) is 18.2. The minimum atomic E-state index is -0.431. The molecule has 1 amide bonds. The summed E-state index contributed by atoms with van der Waals surface area (Å²) in [5, 5.41) is 15.5. The van der Waals surface area contributed by atoms with Crippen LogP contribution in [0.3, 0.4) is 0 Å². The summed E-state index contributed by atoms with van der Waals surface area (Å²) in [6, 6.07) is 17.4. The molecule has 0 bridgehead atoms. The number of hydrogen-bond acceptors (Lipinski definition) is 6. The van der Waals surface area contributed by atoms with Gasteiger partial charge in [-0.05, 0) is 41.5 Å². The van der Waals surface area contributed by atoms with E-state index < -0.39 is 5.91 Å². The molecule has 0 aliphatic rings. The molecule has 0 fully saturated rings. The molecule has 0 saturated carbocycles. The van der Waals surface area contributed by atoms with Gasteiger partial charge in [-0.1, -0.05) is 24.3 Å². The summed E-state index contributed by atoms with van der Waals surface area (Å²) in [6.45, 7) is 1.57. The minimum Gasteiger partial charge on any atom is -0.508 e. The zero-order chi connectivity index (χ0) is 23.5. The van der Waals surface area contributed by atoms with Crippen LogP contribution in [-0.4, -0.2) is 29.8 Å². The Bertz CT molecular complexity index is 1540. The number of aromatic hydroxyl groups is 1. The van der Waals surface area contributed by atoms with E-state index in [0.29, 0.717) is 24.4 Å². The van der Waals surface area contributed by atoms with E-state index in [4.69, 9.17) is 0 Å². The van der Waals surface area contributed by atoms with Crippen LogP contribution in [0.1, 0.15) is 27.3 Å². The fourth-order valence-corrected chi connectivity index (χ4v) is 3.68. The molecule has 0 atom stereocenters. The molecule has 3 N–H and O–H groups in total. The van der Waals surface area contributed by atoms with Crippen LogP contribution >= 0.6 is 0 Å². The number of phenolic OH excluding ortho intramolecular Hbond substituents is 1. The van der Waals surface area contributed by atoms with Crippen molar-refractivity contribution in [3.8, 4) is 5.75 Å². The van der Waals surface area contributed by atoms with Gasteiger partial charge in [0.25, 0.3) is 11.5 Å². The lowest BCUT2D eigenvalue weighted by Gasteiger charge is -2.06. The highest BCUT2D eigenvalue weighted by Gasteiger charge is 2.11. The number of nitrogens with zero attached hydrogens (tertiary/aromatic N) is 4. The normalized spacial score (nSPS) is 11.2. The van der Waals surface area contributed by atoms with Gasteiger partial charge in [-0.3, -0.25) is 14.0 Å². The van der Waals surface area contributed by atoms with Crippen molar-refractivity contribution in [3.05, 3.63) is 112 Å². The number of carbonyl (C=O) groups is 1. The van der Waals surface area contributed by atoms with Gasteiger partial charge in [-0.2, -0.15) is 0 Å². The number of carbonyl (C=O) groups excluding carboxylic acids is 1. The van der Waals surface area contributed by atoms with E-state index in [2.05, 4.69) is 20.6 Å². The first kappa shape index (κ1) is 21.4. The number of hydrogen-bond donors (Lipinski definition) is 3. The number of benzene rings is 1. The Kier molecular flexibility index (Phi) is 5.75. The number of imidazole rings is 1. The molecule has 0 spiro atoms. The Morgan fingerprint density at radius 1 is 0.882 bits per heavy atom. The summed E-state index contributed by atoms with van der Waals surface area (Å²) >= 11 is 0. The van der Waals surface area contributed by atoms with Crippen molar-refractivity contribution in [1.29, 1.82) is 0 Å². The largest absolute Gasteiger partial charge is 0.508 e. The Morgan fingerprint density at radius 3 is 2.53 bits per heavy atom. The van der Waals surface area contributed by atoms with Gasteiger partial charge in [0.1, 0.15) is 22.7 Å². The second kappa shape index (κ2) is 9.16. The van der Waals surface area contributed by atoms with E-state index in [1.165, 1.54) is 10.5 Å². The Morgan fingerprint density at radius 2 is 1.68 bits per heavy atom. The molecule has 0 aliphatic heterocycles. The standard InChI is InChI=1S/C25H22N6O3/c32-20-7-4-17(5-8-20)12-26-13-18-6-9-22-28-19(16-30(22)15-18)14-27-25(34)21-11-24(33)31-10-2-1-3-23(31)29-21/h1-11,15-16,26,32H,12-14H2,(H,27,34). The molecule has 0 radical (unpaired) electrons. The number of aromatic nitrogens is 4. The number of nitrogens with one attached hydrogen (secondary N) is 2. The molecule has 5 aromatic rings. The van der Waals surface area contributed by atoms with Crippen LogP contribution in [0.5, 0.6) is 5.75 Å². The van der Waals surface area contributed by atoms with Gasteiger partial charge in [0.15, 0.2) is 0 Å². The predicted molar refractivity (Wildman–Crippen MR) is 126 cm³/mol. The molecule has 1 aromatic carbocycles. The number of pyridine rings is 2. The third kappa shape index (κ3) is 4.64. The van der Waals surface area contributed by atoms with Crippen LogP contribution in [0, 0.1) is 0 Å². The fraction of sp³-hybridized carbons (Fsp3) is 0.120. The molecule has 0 saturated heterocycles. The van der Waals surface area contributed by atoms with Crippen molar-refractivity contribution < 1.29 is 9.90 Å². The highest BCUT2D eigenvalue weighted by atomic mass is 16.3. The third-order valence-electron chi connectivity index (χ3n) is 5.39. The summed E-state index contributed by atoms with van der Waals surface area (Å²) in [4.78, 5) is 33.6. The smallest absolute Gasteiger partial charge is 0.270 e.